The molecular weight excluding hydrogens is 440 g/mol. The zero-order chi connectivity index (χ0) is 21.8. The molecule has 0 amide bonds. The van der Waals surface area contributed by atoms with Crippen LogP contribution in [-0.2, 0) is 32.5 Å². The van der Waals surface area contributed by atoms with Crippen LogP contribution in [0.3, 0.4) is 0 Å². The molecule has 1 fully saturated rings. The number of fused-ring (bicyclic) bond motifs is 1. The maximum Gasteiger partial charge on any atom is 0.339 e. The van der Waals surface area contributed by atoms with Crippen molar-refractivity contribution in [3.8, 4) is 0 Å². The maximum atomic E-state index is 13.3. The molecule has 0 bridgehead atoms. The van der Waals surface area contributed by atoms with E-state index >= 15 is 0 Å². The van der Waals surface area contributed by atoms with Crippen LogP contribution in [0.5, 0.6) is 0 Å². The molecule has 31 heavy (non-hydrogen) atoms. The van der Waals surface area contributed by atoms with Gasteiger partial charge in [0.05, 0.1) is 25.9 Å². The summed E-state index contributed by atoms with van der Waals surface area (Å²) in [6.45, 7) is 4.37. The Morgan fingerprint density at radius 3 is 2.90 bits per heavy atom. The van der Waals surface area contributed by atoms with Crippen molar-refractivity contribution in [2.75, 3.05) is 58.4 Å². The summed E-state index contributed by atoms with van der Waals surface area (Å²) in [5.41, 5.74) is 1.47. The fourth-order valence-corrected chi connectivity index (χ4v) is 6.20. The smallest absolute Gasteiger partial charge is 0.339 e. The zero-order valence-corrected chi connectivity index (χ0v) is 19.0. The Bertz CT molecular complexity index is 1030. The Balaban J connectivity index is 1.50. The van der Waals surface area contributed by atoms with Crippen LogP contribution in [0.4, 0.5) is 5.82 Å². The molecule has 2 aromatic rings. The molecule has 2 aliphatic heterocycles. The number of carbonyl (C=O) groups excluding carboxylic acids is 1. The van der Waals surface area contributed by atoms with Crippen molar-refractivity contribution in [1.29, 1.82) is 0 Å². The third-order valence-electron chi connectivity index (χ3n) is 5.47. The standard InChI is InChI=1S/C20H26N4O5S2/c1-28-20(25)16-12-18(31(26,27)24-7-9-29-10-8-24)19(22-13-16)21-4-6-23-5-2-17-15(14-23)3-11-30-17/h3,11-13H,2,4-10,14H2,1H3,(H,21,22). The van der Waals surface area contributed by atoms with Gasteiger partial charge in [-0.2, -0.15) is 4.31 Å². The molecule has 1 N–H and O–H groups in total. The summed E-state index contributed by atoms with van der Waals surface area (Å²) < 4.78 is 37.9. The first-order valence-corrected chi connectivity index (χ1v) is 12.5. The number of morpholine rings is 1. The number of esters is 1. The molecule has 9 nitrogen and oxygen atoms in total. The van der Waals surface area contributed by atoms with E-state index in [0.717, 1.165) is 26.1 Å². The van der Waals surface area contributed by atoms with Crippen molar-refractivity contribution in [3.05, 3.63) is 39.7 Å². The van der Waals surface area contributed by atoms with Crippen LogP contribution >= 0.6 is 11.3 Å². The number of carbonyl (C=O) groups is 1. The van der Waals surface area contributed by atoms with E-state index in [-0.39, 0.29) is 29.4 Å². The second-order valence-corrected chi connectivity index (χ2v) is 10.3. The molecule has 11 heteroatoms. The molecule has 168 valence electrons. The zero-order valence-electron chi connectivity index (χ0n) is 17.4. The van der Waals surface area contributed by atoms with Gasteiger partial charge in [-0.15, -0.1) is 11.3 Å². The predicted octanol–water partition coefficient (Wildman–Crippen LogP) is 1.42. The normalized spacial score (nSPS) is 17.8. The van der Waals surface area contributed by atoms with Crippen LogP contribution in [0.15, 0.2) is 28.6 Å². The van der Waals surface area contributed by atoms with Crippen LogP contribution in [0, 0.1) is 0 Å². The van der Waals surface area contributed by atoms with Gasteiger partial charge >= 0.3 is 5.97 Å². The summed E-state index contributed by atoms with van der Waals surface area (Å²) in [5, 5.41) is 5.30. The Morgan fingerprint density at radius 1 is 1.32 bits per heavy atom. The van der Waals surface area contributed by atoms with Crippen molar-refractivity contribution in [2.45, 2.75) is 17.9 Å². The topological polar surface area (TPSA) is 101 Å². The molecule has 2 aliphatic rings. The van der Waals surface area contributed by atoms with Gasteiger partial charge in [0.15, 0.2) is 0 Å². The lowest BCUT2D eigenvalue weighted by Gasteiger charge is -2.28. The fourth-order valence-electron chi connectivity index (χ4n) is 3.76. The molecular formula is C20H26N4O5S2. The van der Waals surface area contributed by atoms with Gasteiger partial charge < -0.3 is 14.8 Å². The number of ether oxygens (including phenoxy) is 2. The lowest BCUT2D eigenvalue weighted by Crippen LogP contribution is -2.41. The Hall–Kier alpha value is -2.05. The van der Waals surface area contributed by atoms with Crippen LogP contribution in [0.25, 0.3) is 0 Å². The van der Waals surface area contributed by atoms with Crippen molar-refractivity contribution < 1.29 is 22.7 Å². The molecule has 0 saturated carbocycles. The second-order valence-electron chi connectivity index (χ2n) is 7.40. The quantitative estimate of drug-likeness (QED) is 0.612. The van der Waals surface area contributed by atoms with E-state index in [4.69, 9.17) is 9.47 Å². The summed E-state index contributed by atoms with van der Waals surface area (Å²) in [7, 11) is -2.58. The van der Waals surface area contributed by atoms with Gasteiger partial charge in [0.25, 0.3) is 0 Å². The SMILES string of the molecule is COC(=O)c1cnc(NCCN2CCc3sccc3C2)c(S(=O)(=O)N2CCOCC2)c1. The highest BCUT2D eigenvalue weighted by Crippen LogP contribution is 2.26. The third-order valence-corrected chi connectivity index (χ3v) is 8.40. The lowest BCUT2D eigenvalue weighted by atomic mass is 10.1. The van der Waals surface area contributed by atoms with Crippen molar-refractivity contribution in [1.82, 2.24) is 14.2 Å². The average molecular weight is 467 g/mol. The van der Waals surface area contributed by atoms with Gasteiger partial charge in [0.2, 0.25) is 10.0 Å². The maximum absolute atomic E-state index is 13.3. The highest BCUT2D eigenvalue weighted by atomic mass is 32.2. The van der Waals surface area contributed by atoms with Gasteiger partial charge in [0.1, 0.15) is 10.7 Å². The monoisotopic (exact) mass is 466 g/mol. The van der Waals surface area contributed by atoms with E-state index in [9.17, 15) is 13.2 Å². The summed E-state index contributed by atoms with van der Waals surface area (Å²) in [6, 6.07) is 3.50. The first kappa shape index (κ1) is 22.2. The van der Waals surface area contributed by atoms with Crippen LogP contribution in [0.1, 0.15) is 20.8 Å². The van der Waals surface area contributed by atoms with E-state index in [1.807, 2.05) is 0 Å². The summed E-state index contributed by atoms with van der Waals surface area (Å²) in [4.78, 5) is 20.0. The third kappa shape index (κ3) is 4.90. The molecule has 0 spiro atoms. The second kappa shape index (κ2) is 9.61. The number of sulfonamides is 1. The van der Waals surface area contributed by atoms with Gasteiger partial charge in [-0.3, -0.25) is 4.90 Å². The summed E-state index contributed by atoms with van der Waals surface area (Å²) in [6.07, 6.45) is 2.38. The highest BCUT2D eigenvalue weighted by Gasteiger charge is 2.30. The highest BCUT2D eigenvalue weighted by molar-refractivity contribution is 7.89. The first-order chi connectivity index (χ1) is 15.0. The number of pyridine rings is 1. The Labute approximate surface area is 186 Å². The number of hydrogen-bond donors (Lipinski definition) is 1. The fraction of sp³-hybridized carbons (Fsp3) is 0.500. The van der Waals surface area contributed by atoms with Crippen molar-refractivity contribution in [2.24, 2.45) is 0 Å². The van der Waals surface area contributed by atoms with E-state index in [0.29, 0.717) is 19.8 Å². The van der Waals surface area contributed by atoms with Gasteiger partial charge in [-0.1, -0.05) is 0 Å². The molecule has 0 unspecified atom stereocenters. The van der Waals surface area contributed by atoms with E-state index < -0.39 is 16.0 Å². The Kier molecular flexibility index (Phi) is 6.87. The molecule has 0 aromatic carbocycles. The minimum absolute atomic E-state index is 0.0175. The number of anilines is 1. The van der Waals surface area contributed by atoms with E-state index in [1.165, 1.54) is 34.1 Å². The average Bonchev–Trinajstić information content (AvgIpc) is 3.27. The minimum atomic E-state index is -3.84. The lowest BCUT2D eigenvalue weighted by molar-refractivity contribution is 0.0600. The minimum Gasteiger partial charge on any atom is -0.465 e. The van der Waals surface area contributed by atoms with E-state index in [1.54, 1.807) is 11.3 Å². The van der Waals surface area contributed by atoms with Gasteiger partial charge in [-0.25, -0.2) is 18.2 Å². The molecule has 4 rings (SSSR count). The molecule has 2 aromatic heterocycles. The summed E-state index contributed by atoms with van der Waals surface area (Å²) >= 11 is 1.80. The molecule has 4 heterocycles. The molecule has 0 atom stereocenters. The van der Waals surface area contributed by atoms with Crippen molar-refractivity contribution in [3.63, 3.8) is 0 Å². The number of nitrogens with one attached hydrogen (secondary N) is 1. The predicted molar refractivity (Wildman–Crippen MR) is 117 cm³/mol. The van der Waals surface area contributed by atoms with Gasteiger partial charge in [-0.05, 0) is 29.5 Å². The molecule has 0 aliphatic carbocycles. The van der Waals surface area contributed by atoms with Crippen molar-refractivity contribution >= 4 is 33.1 Å². The van der Waals surface area contributed by atoms with E-state index in [2.05, 4.69) is 26.6 Å². The number of hydrogen-bond acceptors (Lipinski definition) is 9. The number of thiophene rings is 1. The summed E-state index contributed by atoms with van der Waals surface area (Å²) in [5.74, 6) is -0.385. The molecule has 1 saturated heterocycles. The van der Waals surface area contributed by atoms with Crippen LogP contribution < -0.4 is 5.32 Å². The molecule has 0 radical (unpaired) electrons. The number of rotatable bonds is 7. The number of aromatic nitrogens is 1. The number of methoxy groups -OCH3 is 1. The first-order valence-electron chi connectivity index (χ1n) is 10.2. The van der Waals surface area contributed by atoms with Crippen LogP contribution in [0.2, 0.25) is 0 Å². The largest absolute Gasteiger partial charge is 0.465 e. The number of nitrogens with zero attached hydrogens (tertiary/aromatic N) is 3. The Morgan fingerprint density at radius 2 is 2.13 bits per heavy atom. The van der Waals surface area contributed by atoms with Crippen LogP contribution in [-0.4, -0.2) is 81.6 Å². The van der Waals surface area contributed by atoms with Gasteiger partial charge in [0, 0.05) is 50.3 Å².